The summed E-state index contributed by atoms with van der Waals surface area (Å²) < 4.78 is 30.8. The monoisotopic (exact) mass is 652 g/mol. The number of ether oxygens (including phenoxy) is 6. The van der Waals surface area contributed by atoms with Gasteiger partial charge in [0, 0.05) is 22.3 Å². The second kappa shape index (κ2) is 20.5. The lowest BCUT2D eigenvalue weighted by molar-refractivity contribution is -0.164. The van der Waals surface area contributed by atoms with E-state index in [-0.39, 0.29) is 35.1 Å². The van der Waals surface area contributed by atoms with Gasteiger partial charge in [0.1, 0.15) is 39.6 Å². The van der Waals surface area contributed by atoms with E-state index >= 15 is 0 Å². The van der Waals surface area contributed by atoms with Gasteiger partial charge in [0.05, 0.1) is 36.9 Å². The average molecular weight is 653 g/mol. The third-order valence-corrected chi connectivity index (χ3v) is 5.92. The first kappa shape index (κ1) is 41.4. The van der Waals surface area contributed by atoms with E-state index in [2.05, 4.69) is 26.3 Å². The number of carbonyl (C=O) groups is 6. The lowest BCUT2D eigenvalue weighted by Gasteiger charge is -2.30. The molecule has 2 N–H and O–H groups in total. The van der Waals surface area contributed by atoms with E-state index in [0.717, 1.165) is 0 Å². The highest BCUT2D eigenvalue weighted by atomic mass is 16.6. The van der Waals surface area contributed by atoms with Gasteiger partial charge in [0.2, 0.25) is 0 Å². The molecule has 0 unspecified atom stereocenters. The summed E-state index contributed by atoms with van der Waals surface area (Å²) in [6, 6.07) is 0. The maximum absolute atomic E-state index is 12.4. The summed E-state index contributed by atoms with van der Waals surface area (Å²) in [5.74, 6) is -4.61. The zero-order valence-electron chi connectivity index (χ0n) is 26.8. The van der Waals surface area contributed by atoms with Crippen LogP contribution in [0.2, 0.25) is 0 Å². The highest BCUT2D eigenvalue weighted by Gasteiger charge is 2.37. The molecular weight excluding hydrogens is 608 g/mol. The summed E-state index contributed by atoms with van der Waals surface area (Å²) in [6.07, 6.45) is 2.02. The molecular formula is C32H44O14. The van der Waals surface area contributed by atoms with E-state index in [1.807, 2.05) is 0 Å². The van der Waals surface area contributed by atoms with Crippen molar-refractivity contribution >= 4 is 35.8 Å². The molecule has 14 heteroatoms. The summed E-state index contributed by atoms with van der Waals surface area (Å²) in [6.45, 7) is 15.4. The number of aliphatic hydroxyl groups excluding tert-OH is 2. The van der Waals surface area contributed by atoms with Gasteiger partial charge in [0.25, 0.3) is 0 Å². The fourth-order valence-electron chi connectivity index (χ4n) is 2.84. The van der Waals surface area contributed by atoms with Crippen LogP contribution >= 0.6 is 0 Å². The minimum absolute atomic E-state index is 0.0888. The molecule has 0 saturated carbocycles. The highest BCUT2D eigenvalue weighted by Crippen LogP contribution is 2.22. The van der Waals surface area contributed by atoms with E-state index in [9.17, 15) is 39.0 Å². The van der Waals surface area contributed by atoms with Gasteiger partial charge in [-0.2, -0.15) is 0 Å². The zero-order chi connectivity index (χ0) is 35.5. The predicted octanol–water partition coefficient (Wildman–Crippen LogP) is 1.84. The number of hydrogen-bond acceptors (Lipinski definition) is 14. The molecule has 0 heterocycles. The lowest BCUT2D eigenvalue weighted by atomic mass is 9.92. The third-order valence-electron chi connectivity index (χ3n) is 5.92. The first-order chi connectivity index (χ1) is 21.4. The van der Waals surface area contributed by atoms with Gasteiger partial charge in [-0.25, -0.2) is 19.2 Å². The van der Waals surface area contributed by atoms with E-state index in [1.165, 1.54) is 39.8 Å². The van der Waals surface area contributed by atoms with Gasteiger partial charge in [-0.05, 0) is 27.7 Å². The Morgan fingerprint density at radius 3 is 0.891 bits per heavy atom. The zero-order valence-corrected chi connectivity index (χ0v) is 26.8. The quantitative estimate of drug-likeness (QED) is 0.0743. The van der Waals surface area contributed by atoms with Crippen LogP contribution in [0.15, 0.2) is 60.8 Å². The Hall–Kier alpha value is -4.56. The number of carbonyl (C=O) groups excluding carboxylic acids is 6. The summed E-state index contributed by atoms with van der Waals surface area (Å²) >= 11 is 0. The van der Waals surface area contributed by atoms with Crippen LogP contribution in [0.5, 0.6) is 0 Å². The van der Waals surface area contributed by atoms with Crippen LogP contribution in [0, 0.1) is 10.8 Å². The summed E-state index contributed by atoms with van der Waals surface area (Å²) in [5.41, 5.74) is -2.60. The Morgan fingerprint density at radius 2 is 0.696 bits per heavy atom. The van der Waals surface area contributed by atoms with Crippen molar-refractivity contribution in [3.05, 3.63) is 60.8 Å². The molecule has 0 rings (SSSR count). The van der Waals surface area contributed by atoms with E-state index in [0.29, 0.717) is 0 Å². The van der Waals surface area contributed by atoms with Crippen molar-refractivity contribution in [1.82, 2.24) is 0 Å². The number of esters is 6. The number of rotatable bonds is 22. The maximum atomic E-state index is 12.4. The van der Waals surface area contributed by atoms with Crippen LogP contribution in [-0.2, 0) is 57.2 Å². The number of hydrogen-bond donors (Lipinski definition) is 2. The van der Waals surface area contributed by atoms with E-state index in [1.54, 1.807) is 0 Å². The second-order valence-electron chi connectivity index (χ2n) is 10.9. The van der Waals surface area contributed by atoms with Crippen molar-refractivity contribution < 1.29 is 67.4 Å². The third kappa shape index (κ3) is 16.0. The van der Waals surface area contributed by atoms with Gasteiger partial charge >= 0.3 is 35.8 Å². The molecule has 0 amide bonds. The van der Waals surface area contributed by atoms with Gasteiger partial charge in [-0.1, -0.05) is 38.5 Å². The van der Waals surface area contributed by atoms with Crippen molar-refractivity contribution in [3.8, 4) is 0 Å². The second-order valence-corrected chi connectivity index (χ2v) is 10.9. The van der Waals surface area contributed by atoms with Crippen LogP contribution in [-0.4, -0.2) is 98.9 Å². The normalized spacial score (nSPS) is 11.2. The Balaban J connectivity index is 5.22. The minimum Gasteiger partial charge on any atom is -0.464 e. The predicted molar refractivity (Wildman–Crippen MR) is 162 cm³/mol. The maximum Gasteiger partial charge on any atom is 0.333 e. The molecule has 46 heavy (non-hydrogen) atoms. The Labute approximate surface area is 268 Å². The average Bonchev–Trinajstić information content (AvgIpc) is 3.01. The molecule has 0 fully saturated rings. The Bertz CT molecular complexity index is 1060. The topological polar surface area (TPSA) is 198 Å². The first-order valence-electron chi connectivity index (χ1n) is 13.9. The van der Waals surface area contributed by atoms with Crippen molar-refractivity contribution in [2.75, 3.05) is 52.9 Å². The molecule has 14 nitrogen and oxygen atoms in total. The lowest BCUT2D eigenvalue weighted by Crippen LogP contribution is -2.42. The number of aliphatic hydroxyl groups is 2. The molecule has 0 aromatic heterocycles. The van der Waals surface area contributed by atoms with Crippen molar-refractivity contribution in [2.24, 2.45) is 10.8 Å². The van der Waals surface area contributed by atoms with Gasteiger partial charge < -0.3 is 38.6 Å². The van der Waals surface area contributed by atoms with Crippen LogP contribution < -0.4 is 0 Å². The van der Waals surface area contributed by atoms with Crippen molar-refractivity contribution in [3.63, 3.8) is 0 Å². The Morgan fingerprint density at radius 1 is 0.478 bits per heavy atom. The molecule has 0 atom stereocenters. The molecule has 0 radical (unpaired) electrons. The summed E-state index contributed by atoms with van der Waals surface area (Å²) in [5, 5.41) is 20.0. The van der Waals surface area contributed by atoms with Gasteiger partial charge in [0.15, 0.2) is 0 Å². The van der Waals surface area contributed by atoms with Crippen LogP contribution in [0.25, 0.3) is 0 Å². The smallest absolute Gasteiger partial charge is 0.333 e. The highest BCUT2D eigenvalue weighted by molar-refractivity contribution is 5.88. The van der Waals surface area contributed by atoms with Crippen LogP contribution in [0.4, 0.5) is 0 Å². The van der Waals surface area contributed by atoms with Crippen molar-refractivity contribution in [2.45, 2.75) is 40.5 Å². The molecule has 0 spiro atoms. The fourth-order valence-corrected chi connectivity index (χ4v) is 2.84. The van der Waals surface area contributed by atoms with Gasteiger partial charge in [-0.15, -0.1) is 0 Å². The SMILES string of the molecule is C=C(C)C(=O)OCC(CO)(COC(=O)C/C=C/CC(=O)OCC(CO)(COC(=O)C(=C)C)COC(=O)C(=C)C)COC(=O)C(=C)C. The van der Waals surface area contributed by atoms with Crippen molar-refractivity contribution in [1.29, 1.82) is 0 Å². The molecule has 0 aromatic carbocycles. The van der Waals surface area contributed by atoms with Crippen LogP contribution in [0.3, 0.4) is 0 Å². The van der Waals surface area contributed by atoms with Gasteiger partial charge in [-0.3, -0.25) is 9.59 Å². The standard InChI is InChI=1S/C32H44O14/c1-21(2)27(37)43-17-31(13-33,18-44-28(38)22(3)4)15-41-25(35)11-9-10-12-26(36)42-16-32(14-34,19-45-29(39)23(5)6)20-46-30(40)24(7)8/h9-10,33-34H,1,3,5,7,11-20H2,2,4,6,8H3/b10-9+. The molecule has 0 aliphatic rings. The van der Waals surface area contributed by atoms with E-state index in [4.69, 9.17) is 28.4 Å². The van der Waals surface area contributed by atoms with Crippen LogP contribution in [0.1, 0.15) is 40.5 Å². The summed E-state index contributed by atoms with van der Waals surface area (Å²) in [7, 11) is 0. The molecule has 0 aliphatic carbocycles. The Kier molecular flexibility index (Phi) is 18.4. The first-order valence-corrected chi connectivity index (χ1v) is 13.9. The molecule has 0 saturated heterocycles. The molecule has 0 bridgehead atoms. The molecule has 0 aliphatic heterocycles. The molecule has 256 valence electrons. The summed E-state index contributed by atoms with van der Waals surface area (Å²) in [4.78, 5) is 72.2. The largest absolute Gasteiger partial charge is 0.464 e. The van der Waals surface area contributed by atoms with E-state index < -0.39 is 99.5 Å². The minimum atomic E-state index is -1.48. The molecule has 0 aromatic rings. The fraction of sp³-hybridized carbons (Fsp3) is 0.500.